The molecule has 1 unspecified atom stereocenters. The van der Waals surface area contributed by atoms with E-state index >= 15 is 0 Å². The number of hydrogen-bond acceptors (Lipinski definition) is 3. The predicted octanol–water partition coefficient (Wildman–Crippen LogP) is 4.49. The summed E-state index contributed by atoms with van der Waals surface area (Å²) in [6.07, 6.45) is 10.5. The minimum Gasteiger partial charge on any atom is -0.466 e. The molecule has 0 aromatic carbocycles. The van der Waals surface area contributed by atoms with Crippen LogP contribution in [0.4, 0.5) is 0 Å². The van der Waals surface area contributed by atoms with Gasteiger partial charge in [0.05, 0.1) is 19.1 Å². The van der Waals surface area contributed by atoms with E-state index in [1.165, 1.54) is 38.5 Å². The van der Waals surface area contributed by atoms with Crippen LogP contribution < -0.4 is 0 Å². The summed E-state index contributed by atoms with van der Waals surface area (Å²) in [5.41, 5.74) is 0. The molecular formula is C16H32O3. The molecule has 0 heterocycles. The standard InChI is InChI=1S/C16H32O3/c1-4-7-8-9-10-11-12-13-15(18-5-2)14-16(17)19-6-3/h15H,4-14H2,1-3H3. The monoisotopic (exact) mass is 272 g/mol. The minimum absolute atomic E-state index is 0.0414. The molecule has 1 atom stereocenters. The Hall–Kier alpha value is -0.570. The van der Waals surface area contributed by atoms with Crippen LogP contribution in [0.1, 0.15) is 78.6 Å². The lowest BCUT2D eigenvalue weighted by Gasteiger charge is -2.16. The Kier molecular flexibility index (Phi) is 13.4. The molecule has 0 saturated carbocycles. The van der Waals surface area contributed by atoms with Gasteiger partial charge in [0, 0.05) is 6.61 Å². The van der Waals surface area contributed by atoms with Crippen molar-refractivity contribution in [2.45, 2.75) is 84.7 Å². The van der Waals surface area contributed by atoms with E-state index in [1.807, 2.05) is 13.8 Å². The molecule has 3 heteroatoms. The Bertz CT molecular complexity index is 204. The van der Waals surface area contributed by atoms with Crippen molar-refractivity contribution < 1.29 is 14.3 Å². The molecule has 3 nitrogen and oxygen atoms in total. The zero-order valence-electron chi connectivity index (χ0n) is 13.1. The van der Waals surface area contributed by atoms with Crippen LogP contribution in [-0.4, -0.2) is 25.3 Å². The lowest BCUT2D eigenvalue weighted by atomic mass is 10.0. The highest BCUT2D eigenvalue weighted by molar-refractivity contribution is 5.69. The smallest absolute Gasteiger partial charge is 0.308 e. The lowest BCUT2D eigenvalue weighted by molar-refractivity contribution is -0.146. The van der Waals surface area contributed by atoms with Crippen LogP contribution in [0.15, 0.2) is 0 Å². The fraction of sp³-hybridized carbons (Fsp3) is 0.938. The molecule has 0 N–H and O–H groups in total. The van der Waals surface area contributed by atoms with Crippen molar-refractivity contribution in [1.29, 1.82) is 0 Å². The van der Waals surface area contributed by atoms with Gasteiger partial charge in [-0.25, -0.2) is 0 Å². The summed E-state index contributed by atoms with van der Waals surface area (Å²) in [6.45, 7) is 7.17. The molecule has 0 radical (unpaired) electrons. The third kappa shape index (κ3) is 12.2. The zero-order chi connectivity index (χ0) is 14.3. The highest BCUT2D eigenvalue weighted by Crippen LogP contribution is 2.13. The van der Waals surface area contributed by atoms with Crippen LogP contribution in [0, 0.1) is 0 Å². The van der Waals surface area contributed by atoms with Gasteiger partial charge < -0.3 is 9.47 Å². The summed E-state index contributed by atoms with van der Waals surface area (Å²) in [5, 5.41) is 0. The Morgan fingerprint density at radius 3 is 2.11 bits per heavy atom. The zero-order valence-corrected chi connectivity index (χ0v) is 13.1. The number of carbonyl (C=O) groups excluding carboxylic acids is 1. The molecule has 0 spiro atoms. The van der Waals surface area contributed by atoms with E-state index in [0.29, 0.717) is 19.6 Å². The van der Waals surface area contributed by atoms with Gasteiger partial charge in [-0.1, -0.05) is 51.9 Å². The van der Waals surface area contributed by atoms with Gasteiger partial charge in [0.2, 0.25) is 0 Å². The highest BCUT2D eigenvalue weighted by Gasteiger charge is 2.14. The van der Waals surface area contributed by atoms with E-state index in [4.69, 9.17) is 9.47 Å². The average Bonchev–Trinajstić information content (AvgIpc) is 2.38. The van der Waals surface area contributed by atoms with E-state index < -0.39 is 0 Å². The van der Waals surface area contributed by atoms with Gasteiger partial charge in [0.25, 0.3) is 0 Å². The third-order valence-electron chi connectivity index (χ3n) is 3.23. The Balaban J connectivity index is 3.61. The van der Waals surface area contributed by atoms with Crippen molar-refractivity contribution in [3.63, 3.8) is 0 Å². The summed E-state index contributed by atoms with van der Waals surface area (Å²) in [7, 11) is 0. The van der Waals surface area contributed by atoms with Gasteiger partial charge in [0.1, 0.15) is 0 Å². The molecule has 0 aromatic rings. The maximum absolute atomic E-state index is 11.4. The summed E-state index contributed by atoms with van der Waals surface area (Å²) in [5.74, 6) is -0.135. The summed E-state index contributed by atoms with van der Waals surface area (Å²) in [4.78, 5) is 11.4. The number of ether oxygens (including phenoxy) is 2. The first-order chi connectivity index (χ1) is 9.24. The van der Waals surface area contributed by atoms with Crippen LogP contribution >= 0.6 is 0 Å². The third-order valence-corrected chi connectivity index (χ3v) is 3.23. The van der Waals surface area contributed by atoms with Crippen molar-refractivity contribution in [2.24, 2.45) is 0 Å². The lowest BCUT2D eigenvalue weighted by Crippen LogP contribution is -2.19. The quantitative estimate of drug-likeness (QED) is 0.366. The van der Waals surface area contributed by atoms with E-state index in [-0.39, 0.29) is 12.1 Å². The normalized spacial score (nSPS) is 12.4. The van der Waals surface area contributed by atoms with Gasteiger partial charge in [0.15, 0.2) is 0 Å². The second-order valence-electron chi connectivity index (χ2n) is 5.00. The van der Waals surface area contributed by atoms with Crippen molar-refractivity contribution in [3.8, 4) is 0 Å². The van der Waals surface area contributed by atoms with Crippen LogP contribution in [-0.2, 0) is 14.3 Å². The van der Waals surface area contributed by atoms with Crippen molar-refractivity contribution >= 4 is 5.97 Å². The maximum atomic E-state index is 11.4. The molecule has 0 aliphatic heterocycles. The number of carbonyl (C=O) groups is 1. The molecule has 0 aromatic heterocycles. The van der Waals surface area contributed by atoms with Crippen molar-refractivity contribution in [1.82, 2.24) is 0 Å². The fourth-order valence-electron chi connectivity index (χ4n) is 2.21. The van der Waals surface area contributed by atoms with Crippen molar-refractivity contribution in [2.75, 3.05) is 13.2 Å². The maximum Gasteiger partial charge on any atom is 0.308 e. The van der Waals surface area contributed by atoms with Gasteiger partial charge in [-0.15, -0.1) is 0 Å². The largest absolute Gasteiger partial charge is 0.466 e. The van der Waals surface area contributed by atoms with Crippen LogP contribution in [0.5, 0.6) is 0 Å². The van der Waals surface area contributed by atoms with E-state index in [2.05, 4.69) is 6.92 Å². The van der Waals surface area contributed by atoms with Crippen molar-refractivity contribution in [3.05, 3.63) is 0 Å². The first-order valence-electron chi connectivity index (χ1n) is 8.01. The van der Waals surface area contributed by atoms with E-state index in [1.54, 1.807) is 0 Å². The molecule has 0 rings (SSSR count). The van der Waals surface area contributed by atoms with E-state index in [0.717, 1.165) is 12.8 Å². The number of rotatable bonds is 13. The molecule has 0 amide bonds. The minimum atomic E-state index is -0.135. The first kappa shape index (κ1) is 18.4. The Morgan fingerprint density at radius 2 is 1.53 bits per heavy atom. The van der Waals surface area contributed by atoms with Gasteiger partial charge in [-0.2, -0.15) is 0 Å². The molecule has 0 aliphatic carbocycles. The van der Waals surface area contributed by atoms with Gasteiger partial charge in [-0.3, -0.25) is 4.79 Å². The topological polar surface area (TPSA) is 35.5 Å². The molecule has 0 aliphatic rings. The molecule has 0 bridgehead atoms. The Morgan fingerprint density at radius 1 is 0.895 bits per heavy atom. The molecular weight excluding hydrogens is 240 g/mol. The predicted molar refractivity (Wildman–Crippen MR) is 79.3 cm³/mol. The Labute approximate surface area is 119 Å². The van der Waals surface area contributed by atoms with Crippen LogP contribution in [0.3, 0.4) is 0 Å². The number of unbranched alkanes of at least 4 members (excludes halogenated alkanes) is 6. The summed E-state index contributed by atoms with van der Waals surface area (Å²) >= 11 is 0. The number of hydrogen-bond donors (Lipinski definition) is 0. The molecule has 114 valence electrons. The fourth-order valence-corrected chi connectivity index (χ4v) is 2.21. The molecule has 0 fully saturated rings. The number of esters is 1. The molecule has 19 heavy (non-hydrogen) atoms. The van der Waals surface area contributed by atoms with Crippen LogP contribution in [0.2, 0.25) is 0 Å². The molecule has 0 saturated heterocycles. The second-order valence-corrected chi connectivity index (χ2v) is 5.00. The van der Waals surface area contributed by atoms with Crippen LogP contribution in [0.25, 0.3) is 0 Å². The second kappa shape index (κ2) is 13.9. The highest BCUT2D eigenvalue weighted by atomic mass is 16.5. The van der Waals surface area contributed by atoms with Gasteiger partial charge in [-0.05, 0) is 20.3 Å². The van der Waals surface area contributed by atoms with E-state index in [9.17, 15) is 4.79 Å². The SMILES string of the molecule is CCCCCCCCCC(CC(=O)OCC)OCC. The summed E-state index contributed by atoms with van der Waals surface area (Å²) < 4.78 is 10.6. The summed E-state index contributed by atoms with van der Waals surface area (Å²) in [6, 6.07) is 0. The van der Waals surface area contributed by atoms with Gasteiger partial charge >= 0.3 is 5.97 Å². The average molecular weight is 272 g/mol. The first-order valence-corrected chi connectivity index (χ1v) is 8.01.